The highest BCUT2D eigenvalue weighted by atomic mass is 16.5. The van der Waals surface area contributed by atoms with Gasteiger partial charge < -0.3 is 4.74 Å². The van der Waals surface area contributed by atoms with Crippen LogP contribution in [0.2, 0.25) is 0 Å². The minimum atomic E-state index is 0.841. The lowest BCUT2D eigenvalue weighted by Gasteiger charge is -2.18. The zero-order valence-electron chi connectivity index (χ0n) is 12.3. The van der Waals surface area contributed by atoms with E-state index in [4.69, 9.17) is 4.74 Å². The summed E-state index contributed by atoms with van der Waals surface area (Å²) < 4.78 is 5.75. The molecule has 1 unspecified atom stereocenters. The van der Waals surface area contributed by atoms with Gasteiger partial charge in [0, 0.05) is 0 Å². The van der Waals surface area contributed by atoms with E-state index >= 15 is 0 Å². The van der Waals surface area contributed by atoms with E-state index < -0.39 is 0 Å². The van der Waals surface area contributed by atoms with Crippen LogP contribution in [-0.4, -0.2) is 6.61 Å². The molecule has 0 fully saturated rings. The SMILES string of the molecule is CCCCCOc1ccc(C2=CCC(C)CC2)cc1. The first kappa shape index (κ1) is 14.2. The van der Waals surface area contributed by atoms with Crippen LogP contribution < -0.4 is 4.74 Å². The van der Waals surface area contributed by atoms with Gasteiger partial charge in [0.05, 0.1) is 6.61 Å². The fourth-order valence-electron chi connectivity index (χ4n) is 2.53. The maximum Gasteiger partial charge on any atom is 0.119 e. The molecule has 0 bridgehead atoms. The molecule has 0 N–H and O–H groups in total. The second-order valence-corrected chi connectivity index (χ2v) is 5.69. The Morgan fingerprint density at radius 1 is 1.16 bits per heavy atom. The molecular weight excluding hydrogens is 232 g/mol. The molecule has 1 aromatic carbocycles. The minimum absolute atomic E-state index is 0.841. The predicted octanol–water partition coefficient (Wildman–Crippen LogP) is 5.46. The third-order valence-corrected chi connectivity index (χ3v) is 3.91. The number of benzene rings is 1. The Morgan fingerprint density at radius 3 is 2.58 bits per heavy atom. The van der Waals surface area contributed by atoms with Crippen LogP contribution in [0.25, 0.3) is 5.57 Å². The molecule has 19 heavy (non-hydrogen) atoms. The van der Waals surface area contributed by atoms with Gasteiger partial charge in [-0.05, 0) is 54.9 Å². The van der Waals surface area contributed by atoms with Crippen LogP contribution in [0.5, 0.6) is 5.75 Å². The van der Waals surface area contributed by atoms with E-state index in [1.807, 2.05) is 0 Å². The molecule has 1 aliphatic rings. The van der Waals surface area contributed by atoms with Gasteiger partial charge in [-0.15, -0.1) is 0 Å². The molecule has 1 heteroatoms. The molecule has 1 atom stereocenters. The highest BCUT2D eigenvalue weighted by Crippen LogP contribution is 2.30. The highest BCUT2D eigenvalue weighted by Gasteiger charge is 2.11. The fourth-order valence-corrected chi connectivity index (χ4v) is 2.53. The van der Waals surface area contributed by atoms with Gasteiger partial charge in [0.15, 0.2) is 0 Å². The number of allylic oxidation sites excluding steroid dienone is 2. The Kier molecular flexibility index (Phi) is 5.50. The third kappa shape index (κ3) is 4.41. The summed E-state index contributed by atoms with van der Waals surface area (Å²) >= 11 is 0. The van der Waals surface area contributed by atoms with Gasteiger partial charge in [-0.1, -0.05) is 44.9 Å². The first-order valence-corrected chi connectivity index (χ1v) is 7.72. The first-order chi connectivity index (χ1) is 9.29. The van der Waals surface area contributed by atoms with Crippen molar-refractivity contribution in [3.05, 3.63) is 35.9 Å². The van der Waals surface area contributed by atoms with Crippen molar-refractivity contribution in [1.82, 2.24) is 0 Å². The molecule has 0 heterocycles. The quantitative estimate of drug-likeness (QED) is 0.616. The van der Waals surface area contributed by atoms with Crippen LogP contribution in [0.4, 0.5) is 0 Å². The van der Waals surface area contributed by atoms with Gasteiger partial charge in [0.25, 0.3) is 0 Å². The fraction of sp³-hybridized carbons (Fsp3) is 0.556. The topological polar surface area (TPSA) is 9.23 Å². The Morgan fingerprint density at radius 2 is 1.95 bits per heavy atom. The van der Waals surface area contributed by atoms with Gasteiger partial charge in [-0.3, -0.25) is 0 Å². The molecular formula is C18H26O. The molecule has 0 saturated heterocycles. The van der Waals surface area contributed by atoms with Crippen molar-refractivity contribution in [1.29, 1.82) is 0 Å². The van der Waals surface area contributed by atoms with Crippen molar-refractivity contribution in [3.8, 4) is 5.75 Å². The summed E-state index contributed by atoms with van der Waals surface area (Å²) in [7, 11) is 0. The normalized spacial score (nSPS) is 19.1. The lowest BCUT2D eigenvalue weighted by Crippen LogP contribution is -2.01. The van der Waals surface area contributed by atoms with E-state index in [-0.39, 0.29) is 0 Å². The van der Waals surface area contributed by atoms with Gasteiger partial charge in [-0.25, -0.2) is 0 Å². The number of hydrogen-bond acceptors (Lipinski definition) is 1. The minimum Gasteiger partial charge on any atom is -0.494 e. The standard InChI is InChI=1S/C18H26O/c1-3-4-5-14-19-18-12-10-17(11-13-18)16-8-6-15(2)7-9-16/h8,10-13,15H,3-7,9,14H2,1-2H3. The molecule has 0 saturated carbocycles. The molecule has 0 amide bonds. The molecule has 0 aliphatic heterocycles. The molecule has 1 nitrogen and oxygen atoms in total. The van der Waals surface area contributed by atoms with Crippen LogP contribution in [0.1, 0.15) is 57.9 Å². The van der Waals surface area contributed by atoms with Crippen LogP contribution in [0.3, 0.4) is 0 Å². The summed E-state index contributed by atoms with van der Waals surface area (Å²) in [5.41, 5.74) is 2.88. The van der Waals surface area contributed by atoms with E-state index in [0.717, 1.165) is 24.7 Å². The second-order valence-electron chi connectivity index (χ2n) is 5.69. The lowest BCUT2D eigenvalue weighted by atomic mass is 9.88. The highest BCUT2D eigenvalue weighted by molar-refractivity contribution is 5.66. The van der Waals surface area contributed by atoms with Crippen molar-refractivity contribution in [2.24, 2.45) is 5.92 Å². The van der Waals surface area contributed by atoms with Gasteiger partial charge >= 0.3 is 0 Å². The summed E-state index contributed by atoms with van der Waals surface area (Å²) in [5.74, 6) is 1.86. The smallest absolute Gasteiger partial charge is 0.119 e. The van der Waals surface area contributed by atoms with Crippen LogP contribution >= 0.6 is 0 Å². The monoisotopic (exact) mass is 258 g/mol. The molecule has 0 spiro atoms. The lowest BCUT2D eigenvalue weighted by molar-refractivity contribution is 0.306. The van der Waals surface area contributed by atoms with E-state index in [2.05, 4.69) is 44.2 Å². The molecule has 0 radical (unpaired) electrons. The van der Waals surface area contributed by atoms with Crippen molar-refractivity contribution >= 4 is 5.57 Å². The summed E-state index contributed by atoms with van der Waals surface area (Å²) in [6.45, 7) is 5.39. The molecule has 0 aromatic heterocycles. The Labute approximate surface area is 117 Å². The van der Waals surface area contributed by atoms with E-state index in [1.54, 1.807) is 0 Å². The van der Waals surface area contributed by atoms with Gasteiger partial charge in [0.1, 0.15) is 5.75 Å². The average molecular weight is 258 g/mol. The average Bonchev–Trinajstić information content (AvgIpc) is 2.45. The third-order valence-electron chi connectivity index (χ3n) is 3.91. The Bertz CT molecular complexity index is 402. The number of rotatable bonds is 6. The first-order valence-electron chi connectivity index (χ1n) is 7.72. The summed E-state index contributed by atoms with van der Waals surface area (Å²) in [6.07, 6.45) is 9.83. The van der Waals surface area contributed by atoms with Gasteiger partial charge in [0.2, 0.25) is 0 Å². The summed E-state index contributed by atoms with van der Waals surface area (Å²) in [6, 6.07) is 8.63. The molecule has 2 rings (SSSR count). The number of unbranched alkanes of at least 4 members (excludes halogenated alkanes) is 2. The second kappa shape index (κ2) is 7.37. The summed E-state index contributed by atoms with van der Waals surface area (Å²) in [5, 5.41) is 0. The number of hydrogen-bond donors (Lipinski definition) is 0. The molecule has 1 aliphatic carbocycles. The van der Waals surface area contributed by atoms with Crippen molar-refractivity contribution in [2.45, 2.75) is 52.4 Å². The maximum absolute atomic E-state index is 5.75. The Balaban J connectivity index is 1.87. The zero-order chi connectivity index (χ0) is 13.5. The number of ether oxygens (including phenoxy) is 1. The van der Waals surface area contributed by atoms with Crippen LogP contribution in [0.15, 0.2) is 30.3 Å². The molecule has 104 valence electrons. The van der Waals surface area contributed by atoms with Crippen molar-refractivity contribution in [2.75, 3.05) is 6.61 Å². The molecule has 1 aromatic rings. The van der Waals surface area contributed by atoms with Gasteiger partial charge in [-0.2, -0.15) is 0 Å². The van der Waals surface area contributed by atoms with E-state index in [1.165, 1.54) is 43.2 Å². The van der Waals surface area contributed by atoms with Crippen LogP contribution in [0, 0.1) is 5.92 Å². The predicted molar refractivity (Wildman–Crippen MR) is 82.5 cm³/mol. The van der Waals surface area contributed by atoms with Crippen LogP contribution in [-0.2, 0) is 0 Å². The zero-order valence-corrected chi connectivity index (χ0v) is 12.3. The van der Waals surface area contributed by atoms with E-state index in [9.17, 15) is 0 Å². The van der Waals surface area contributed by atoms with E-state index in [0.29, 0.717) is 0 Å². The summed E-state index contributed by atoms with van der Waals surface area (Å²) in [4.78, 5) is 0. The Hall–Kier alpha value is -1.24. The largest absolute Gasteiger partial charge is 0.494 e. The van der Waals surface area contributed by atoms with Crippen molar-refractivity contribution < 1.29 is 4.74 Å². The maximum atomic E-state index is 5.75. The van der Waals surface area contributed by atoms with Crippen molar-refractivity contribution in [3.63, 3.8) is 0 Å².